The van der Waals surface area contributed by atoms with Gasteiger partial charge in [0.15, 0.2) is 4.32 Å². The van der Waals surface area contributed by atoms with E-state index >= 15 is 0 Å². The number of benzene rings is 2. The van der Waals surface area contributed by atoms with Crippen LogP contribution in [0.1, 0.15) is 61.4 Å². The first kappa shape index (κ1) is 24.8. The lowest BCUT2D eigenvalue weighted by atomic mass is 10.1. The molecule has 8 heteroatoms. The summed E-state index contributed by atoms with van der Waals surface area (Å²) in [6.45, 7) is 2.90. The number of carbonyl (C=O) groups excluding carboxylic acids is 1. The number of aromatic hydroxyl groups is 1. The van der Waals surface area contributed by atoms with Crippen molar-refractivity contribution in [2.75, 3.05) is 11.5 Å². The fraction of sp³-hybridized carbons (Fsp3) is 0.320. The molecule has 0 unspecified atom stereocenters. The van der Waals surface area contributed by atoms with Gasteiger partial charge in [-0.1, -0.05) is 75.1 Å². The molecule has 1 aliphatic heterocycles. The highest BCUT2D eigenvalue weighted by molar-refractivity contribution is 8.27. The van der Waals surface area contributed by atoms with Crippen LogP contribution in [0.15, 0.2) is 47.4 Å². The molecule has 1 aliphatic rings. The molecular weight excluding hydrogens is 458 g/mol. The Bertz CT molecular complexity index is 1050. The molecule has 0 spiro atoms. The van der Waals surface area contributed by atoms with Crippen LogP contribution in [0.5, 0.6) is 11.5 Å². The first-order chi connectivity index (χ1) is 15.9. The molecule has 0 saturated carbocycles. The zero-order valence-electron chi connectivity index (χ0n) is 18.5. The number of phenols is 1. The SMILES string of the molecule is CCCCCCCCOc1ccc(/C=C2/SC(=S)N(c3ccc(O)c(C(=O)O)c3)C2=O)cc1. The lowest BCUT2D eigenvalue weighted by molar-refractivity contribution is -0.113. The van der Waals surface area contributed by atoms with Crippen molar-refractivity contribution < 1.29 is 24.5 Å². The topological polar surface area (TPSA) is 87.1 Å². The second-order valence-electron chi connectivity index (χ2n) is 7.71. The molecule has 1 saturated heterocycles. The van der Waals surface area contributed by atoms with Crippen molar-refractivity contribution in [2.24, 2.45) is 0 Å². The lowest BCUT2D eigenvalue weighted by Gasteiger charge is -2.15. The van der Waals surface area contributed by atoms with E-state index in [1.807, 2.05) is 24.3 Å². The lowest BCUT2D eigenvalue weighted by Crippen LogP contribution is -2.27. The van der Waals surface area contributed by atoms with E-state index in [0.717, 1.165) is 29.5 Å². The Balaban J connectivity index is 1.61. The van der Waals surface area contributed by atoms with E-state index in [1.54, 1.807) is 6.08 Å². The van der Waals surface area contributed by atoms with Crippen molar-refractivity contribution in [1.29, 1.82) is 0 Å². The maximum absolute atomic E-state index is 12.9. The Morgan fingerprint density at radius 1 is 1.09 bits per heavy atom. The number of aromatic carboxylic acids is 1. The third-order valence-corrected chi connectivity index (χ3v) is 6.51. The normalized spacial score (nSPS) is 14.8. The molecular formula is C25H27NO5S2. The summed E-state index contributed by atoms with van der Waals surface area (Å²) in [6, 6.07) is 11.5. The van der Waals surface area contributed by atoms with Crippen molar-refractivity contribution in [2.45, 2.75) is 45.4 Å². The standard InChI is InChI=1S/C25H27NO5S2/c1-2-3-4-5-6-7-14-31-19-11-8-17(9-12-19)15-22-23(28)26(25(32)33-22)18-10-13-21(27)20(16-18)24(29)30/h8-13,15-16,27H,2-7,14H2,1H3,(H,29,30)/b22-15+. The summed E-state index contributed by atoms with van der Waals surface area (Å²) in [6.07, 6.45) is 9.02. The van der Waals surface area contributed by atoms with Crippen molar-refractivity contribution in [1.82, 2.24) is 0 Å². The maximum Gasteiger partial charge on any atom is 0.339 e. The second-order valence-corrected chi connectivity index (χ2v) is 9.38. The summed E-state index contributed by atoms with van der Waals surface area (Å²) in [5, 5.41) is 18.9. The first-order valence-electron chi connectivity index (χ1n) is 11.0. The third-order valence-electron chi connectivity index (χ3n) is 5.21. The van der Waals surface area contributed by atoms with Gasteiger partial charge in [0.25, 0.3) is 5.91 Å². The average Bonchev–Trinajstić information content (AvgIpc) is 3.07. The molecule has 0 aromatic heterocycles. The summed E-state index contributed by atoms with van der Waals surface area (Å²) in [7, 11) is 0. The first-order valence-corrected chi connectivity index (χ1v) is 12.2. The fourth-order valence-corrected chi connectivity index (χ4v) is 4.71. The average molecular weight is 486 g/mol. The summed E-state index contributed by atoms with van der Waals surface area (Å²) in [5.74, 6) is -1.20. The van der Waals surface area contributed by atoms with Gasteiger partial charge in [0.2, 0.25) is 0 Å². The molecule has 2 N–H and O–H groups in total. The van der Waals surface area contributed by atoms with E-state index in [1.165, 1.54) is 55.2 Å². The number of hydrogen-bond donors (Lipinski definition) is 2. The molecule has 0 atom stereocenters. The van der Waals surface area contributed by atoms with Crippen LogP contribution in [-0.4, -0.2) is 33.0 Å². The van der Waals surface area contributed by atoms with Crippen LogP contribution in [-0.2, 0) is 4.79 Å². The van der Waals surface area contributed by atoms with Gasteiger partial charge < -0.3 is 14.9 Å². The smallest absolute Gasteiger partial charge is 0.339 e. The van der Waals surface area contributed by atoms with Gasteiger partial charge in [0.1, 0.15) is 17.1 Å². The van der Waals surface area contributed by atoms with Gasteiger partial charge in [-0.25, -0.2) is 4.79 Å². The summed E-state index contributed by atoms with van der Waals surface area (Å²) < 4.78 is 6.10. The van der Waals surface area contributed by atoms with Crippen LogP contribution in [0.2, 0.25) is 0 Å². The number of ether oxygens (including phenoxy) is 1. The van der Waals surface area contributed by atoms with Gasteiger partial charge in [-0.3, -0.25) is 9.69 Å². The Morgan fingerprint density at radius 3 is 2.48 bits per heavy atom. The number of amides is 1. The Hall–Kier alpha value is -2.84. The highest BCUT2D eigenvalue weighted by Gasteiger charge is 2.34. The molecule has 1 heterocycles. The van der Waals surface area contributed by atoms with Crippen LogP contribution in [0.3, 0.4) is 0 Å². The molecule has 3 rings (SSSR count). The van der Waals surface area contributed by atoms with Crippen LogP contribution in [0.4, 0.5) is 5.69 Å². The predicted octanol–water partition coefficient (Wildman–Crippen LogP) is 6.24. The summed E-state index contributed by atoms with van der Waals surface area (Å²) >= 11 is 6.49. The Morgan fingerprint density at radius 2 is 1.79 bits per heavy atom. The number of carboxylic acid groups (broad SMARTS) is 1. The second kappa shape index (κ2) is 11.9. The quantitative estimate of drug-likeness (QED) is 0.221. The van der Waals surface area contributed by atoms with E-state index in [0.29, 0.717) is 21.5 Å². The monoisotopic (exact) mass is 485 g/mol. The largest absolute Gasteiger partial charge is 0.507 e. The Labute approximate surface area is 203 Å². The highest BCUT2D eigenvalue weighted by atomic mass is 32.2. The number of thioether (sulfide) groups is 1. The molecule has 1 fully saturated rings. The number of nitrogens with zero attached hydrogens (tertiary/aromatic N) is 1. The molecule has 6 nitrogen and oxygen atoms in total. The zero-order chi connectivity index (χ0) is 23.8. The van der Waals surface area contributed by atoms with Crippen LogP contribution >= 0.6 is 24.0 Å². The number of carbonyl (C=O) groups is 2. The molecule has 1 amide bonds. The van der Waals surface area contributed by atoms with Crippen molar-refractivity contribution in [3.8, 4) is 11.5 Å². The molecule has 0 aliphatic carbocycles. The van der Waals surface area contributed by atoms with Crippen molar-refractivity contribution >= 4 is 51.9 Å². The summed E-state index contributed by atoms with van der Waals surface area (Å²) in [4.78, 5) is 25.9. The van der Waals surface area contributed by atoms with E-state index < -0.39 is 5.97 Å². The van der Waals surface area contributed by atoms with Gasteiger partial charge in [0.05, 0.1) is 17.2 Å². The predicted molar refractivity (Wildman–Crippen MR) is 136 cm³/mol. The molecule has 0 radical (unpaired) electrons. The van der Waals surface area contributed by atoms with E-state index in [2.05, 4.69) is 6.92 Å². The van der Waals surface area contributed by atoms with Gasteiger partial charge in [-0.05, 0) is 48.4 Å². The summed E-state index contributed by atoms with van der Waals surface area (Å²) in [5.41, 5.74) is 0.843. The highest BCUT2D eigenvalue weighted by Crippen LogP contribution is 2.37. The Kier molecular flexibility index (Phi) is 8.91. The van der Waals surface area contributed by atoms with E-state index in [-0.39, 0.29) is 17.2 Å². The zero-order valence-corrected chi connectivity index (χ0v) is 20.1. The van der Waals surface area contributed by atoms with Gasteiger partial charge >= 0.3 is 5.97 Å². The van der Waals surface area contributed by atoms with Gasteiger partial charge in [-0.15, -0.1) is 0 Å². The van der Waals surface area contributed by atoms with Gasteiger partial charge in [0, 0.05) is 0 Å². The van der Waals surface area contributed by atoms with Crippen LogP contribution in [0, 0.1) is 0 Å². The minimum atomic E-state index is -1.28. The fourth-order valence-electron chi connectivity index (χ4n) is 3.41. The molecule has 2 aromatic rings. The number of thiocarbonyl (C=S) groups is 1. The molecule has 2 aromatic carbocycles. The molecule has 174 valence electrons. The van der Waals surface area contributed by atoms with Crippen molar-refractivity contribution in [3.63, 3.8) is 0 Å². The number of hydrogen-bond acceptors (Lipinski definition) is 6. The molecule has 33 heavy (non-hydrogen) atoms. The number of anilines is 1. The number of unbranched alkanes of at least 4 members (excludes halogenated alkanes) is 5. The van der Waals surface area contributed by atoms with Crippen LogP contribution in [0.25, 0.3) is 6.08 Å². The minimum absolute atomic E-state index is 0.290. The van der Waals surface area contributed by atoms with Crippen molar-refractivity contribution in [3.05, 3.63) is 58.5 Å². The number of carboxylic acids is 1. The van der Waals surface area contributed by atoms with Crippen LogP contribution < -0.4 is 9.64 Å². The van der Waals surface area contributed by atoms with Gasteiger partial charge in [-0.2, -0.15) is 0 Å². The number of rotatable bonds is 11. The maximum atomic E-state index is 12.9. The van der Waals surface area contributed by atoms with E-state index in [9.17, 15) is 19.8 Å². The minimum Gasteiger partial charge on any atom is -0.507 e. The third kappa shape index (κ3) is 6.58. The molecule has 0 bridgehead atoms. The van der Waals surface area contributed by atoms with E-state index in [4.69, 9.17) is 17.0 Å².